The number of carbonyl (C=O) groups is 2. The van der Waals surface area contributed by atoms with Gasteiger partial charge in [-0.1, -0.05) is 32.0 Å². The summed E-state index contributed by atoms with van der Waals surface area (Å²) in [6, 6.07) is 12.0. The second-order valence-corrected chi connectivity index (χ2v) is 11.3. The third-order valence-electron chi connectivity index (χ3n) is 8.84. The van der Waals surface area contributed by atoms with Crippen LogP contribution in [0.1, 0.15) is 80.0 Å². The van der Waals surface area contributed by atoms with E-state index >= 15 is 0 Å². The van der Waals surface area contributed by atoms with Gasteiger partial charge in [0, 0.05) is 37.3 Å². The molecular formula is C31H40N4O6. The second-order valence-electron chi connectivity index (χ2n) is 11.3. The van der Waals surface area contributed by atoms with E-state index in [1.807, 2.05) is 45.0 Å². The number of para-hydroxylation sites is 1. The lowest BCUT2D eigenvalue weighted by molar-refractivity contribution is -0.132. The zero-order valence-electron chi connectivity index (χ0n) is 24.4. The lowest BCUT2D eigenvalue weighted by atomic mass is 9.86. The summed E-state index contributed by atoms with van der Waals surface area (Å²) >= 11 is 0. The number of hydrogen-bond acceptors (Lipinski definition) is 8. The predicted molar refractivity (Wildman–Crippen MR) is 154 cm³/mol. The number of aliphatic imine (C=N–C) groups is 1. The second kappa shape index (κ2) is 11.3. The van der Waals surface area contributed by atoms with Crippen LogP contribution in [0.3, 0.4) is 0 Å². The number of hydrogen-bond donors (Lipinski definition) is 2. The number of carbonyl (C=O) groups excluding carboxylic acids is 2. The van der Waals surface area contributed by atoms with Gasteiger partial charge in [-0.25, -0.2) is 4.99 Å². The lowest BCUT2D eigenvalue weighted by Gasteiger charge is -2.43. The largest absolute Gasteiger partial charge is 0.490 e. The van der Waals surface area contributed by atoms with Crippen LogP contribution in [-0.4, -0.2) is 67.4 Å². The number of nitrogens with two attached hydrogens (primary N) is 1. The molecule has 2 aromatic rings. The number of guanidine groups is 1. The van der Waals surface area contributed by atoms with Crippen molar-refractivity contribution in [1.29, 1.82) is 0 Å². The Kier molecular flexibility index (Phi) is 7.98. The van der Waals surface area contributed by atoms with Crippen molar-refractivity contribution in [3.8, 4) is 11.5 Å². The summed E-state index contributed by atoms with van der Waals surface area (Å²) in [5.41, 5.74) is 7.21. The standard InChI is InChI=1S/C31H40N4O6/c1-6-31(7-2)16-26(36)35(29(32)34-31)23-15-20(17-38-4)41-25-13-12-19(14-22(23)25)28(37)33-27-21-10-8-9-11-24(21)40-18-30(27,3)39-5/h8-14,20,23,27H,6-7,15-18H2,1-5H3,(H2,32,34)(H,33,37)/t20-,23+,27+,30+/m0/s1. The fourth-order valence-corrected chi connectivity index (χ4v) is 6.12. The van der Waals surface area contributed by atoms with E-state index in [9.17, 15) is 9.59 Å². The minimum absolute atomic E-state index is 0.0836. The molecule has 0 saturated carbocycles. The van der Waals surface area contributed by atoms with E-state index in [1.54, 1.807) is 37.3 Å². The molecule has 0 spiro atoms. The Labute approximate surface area is 241 Å². The van der Waals surface area contributed by atoms with E-state index in [2.05, 4.69) is 5.32 Å². The molecule has 0 aromatic heterocycles. The van der Waals surface area contributed by atoms with Crippen molar-refractivity contribution in [1.82, 2.24) is 10.2 Å². The molecule has 0 unspecified atom stereocenters. The normalized spacial score (nSPS) is 26.7. The number of rotatable bonds is 8. The summed E-state index contributed by atoms with van der Waals surface area (Å²) in [6.07, 6.45) is 1.89. The summed E-state index contributed by atoms with van der Waals surface area (Å²) in [4.78, 5) is 33.7. The summed E-state index contributed by atoms with van der Waals surface area (Å²) in [5, 5.41) is 3.17. The van der Waals surface area contributed by atoms with E-state index < -0.39 is 23.2 Å². The number of ether oxygens (including phenoxy) is 4. The van der Waals surface area contributed by atoms with Crippen molar-refractivity contribution in [3.63, 3.8) is 0 Å². The smallest absolute Gasteiger partial charge is 0.251 e. The molecule has 3 N–H and O–H groups in total. The van der Waals surface area contributed by atoms with E-state index in [0.717, 1.165) is 18.4 Å². The van der Waals surface area contributed by atoms with E-state index in [0.29, 0.717) is 42.3 Å². The summed E-state index contributed by atoms with van der Waals surface area (Å²) in [6.45, 7) is 6.61. The predicted octanol–water partition coefficient (Wildman–Crippen LogP) is 3.90. The van der Waals surface area contributed by atoms with Crippen LogP contribution in [0.15, 0.2) is 47.5 Å². The first-order valence-corrected chi connectivity index (χ1v) is 14.2. The van der Waals surface area contributed by atoms with Crippen molar-refractivity contribution < 1.29 is 28.5 Å². The Morgan fingerprint density at radius 1 is 1.15 bits per heavy atom. The lowest BCUT2D eigenvalue weighted by Crippen LogP contribution is -2.54. The molecule has 2 amide bonds. The molecule has 2 aromatic carbocycles. The number of nitrogens with zero attached hydrogens (tertiary/aromatic N) is 2. The molecule has 0 saturated heterocycles. The first-order valence-electron chi connectivity index (χ1n) is 14.2. The highest BCUT2D eigenvalue weighted by molar-refractivity contribution is 6.00. The van der Waals surface area contributed by atoms with Gasteiger partial charge >= 0.3 is 0 Å². The van der Waals surface area contributed by atoms with Crippen LogP contribution < -0.4 is 20.5 Å². The molecule has 0 radical (unpaired) electrons. The molecule has 3 aliphatic heterocycles. The molecule has 220 valence electrons. The van der Waals surface area contributed by atoms with E-state index in [4.69, 9.17) is 29.7 Å². The maximum absolute atomic E-state index is 13.8. The highest BCUT2D eigenvalue weighted by Crippen LogP contribution is 2.43. The van der Waals surface area contributed by atoms with Crippen molar-refractivity contribution in [3.05, 3.63) is 59.2 Å². The van der Waals surface area contributed by atoms with Gasteiger partial charge in [0.2, 0.25) is 5.91 Å². The number of benzene rings is 2. The molecule has 41 heavy (non-hydrogen) atoms. The van der Waals surface area contributed by atoms with Crippen molar-refractivity contribution in [2.45, 2.75) is 75.8 Å². The Balaban J connectivity index is 1.50. The van der Waals surface area contributed by atoms with Gasteiger partial charge in [-0.3, -0.25) is 14.5 Å². The number of methoxy groups -OCH3 is 2. The maximum atomic E-state index is 13.8. The van der Waals surface area contributed by atoms with Crippen LogP contribution in [-0.2, 0) is 14.3 Å². The monoisotopic (exact) mass is 564 g/mol. The Hall–Kier alpha value is -3.63. The van der Waals surface area contributed by atoms with Crippen LogP contribution in [0, 0.1) is 0 Å². The molecule has 5 rings (SSSR count). The number of fused-ring (bicyclic) bond motifs is 2. The first kappa shape index (κ1) is 28.9. The number of nitrogens with one attached hydrogen (secondary N) is 1. The van der Waals surface area contributed by atoms with Crippen LogP contribution in [0.4, 0.5) is 0 Å². The minimum Gasteiger partial charge on any atom is -0.490 e. The van der Waals surface area contributed by atoms with Gasteiger partial charge in [-0.15, -0.1) is 0 Å². The van der Waals surface area contributed by atoms with Gasteiger partial charge in [0.25, 0.3) is 5.91 Å². The van der Waals surface area contributed by atoms with Crippen LogP contribution in [0.2, 0.25) is 0 Å². The molecule has 0 bridgehead atoms. The highest BCUT2D eigenvalue weighted by Gasteiger charge is 2.45. The Bertz CT molecular complexity index is 1340. The Morgan fingerprint density at radius 2 is 1.90 bits per heavy atom. The average molecular weight is 565 g/mol. The molecule has 3 aliphatic rings. The van der Waals surface area contributed by atoms with Gasteiger partial charge < -0.3 is 30.0 Å². The summed E-state index contributed by atoms with van der Waals surface area (Å²) in [7, 11) is 3.23. The summed E-state index contributed by atoms with van der Waals surface area (Å²) in [5.74, 6) is 1.13. The maximum Gasteiger partial charge on any atom is 0.251 e. The van der Waals surface area contributed by atoms with Gasteiger partial charge in [0.05, 0.1) is 30.7 Å². The van der Waals surface area contributed by atoms with Gasteiger partial charge in [-0.2, -0.15) is 0 Å². The zero-order chi connectivity index (χ0) is 29.4. The molecule has 3 heterocycles. The van der Waals surface area contributed by atoms with E-state index in [-0.39, 0.29) is 30.3 Å². The highest BCUT2D eigenvalue weighted by atomic mass is 16.5. The SMILES string of the molecule is CCC1(CC)CC(=O)N([C@@H]2C[C@@H](COC)Oc3ccc(C(=O)N[C@@H]4c5ccccc5OC[C@@]4(C)OC)cc32)C(N)=N1. The first-order chi connectivity index (χ1) is 19.7. The van der Waals surface area contributed by atoms with Gasteiger partial charge in [0.15, 0.2) is 5.96 Å². The summed E-state index contributed by atoms with van der Waals surface area (Å²) < 4.78 is 23.3. The molecule has 0 aliphatic carbocycles. The van der Waals surface area contributed by atoms with Crippen LogP contribution >= 0.6 is 0 Å². The Morgan fingerprint density at radius 3 is 2.59 bits per heavy atom. The molecule has 10 heteroatoms. The van der Waals surface area contributed by atoms with Crippen molar-refractivity contribution in [2.75, 3.05) is 27.4 Å². The minimum atomic E-state index is -0.770. The average Bonchev–Trinajstić information content (AvgIpc) is 2.98. The van der Waals surface area contributed by atoms with Crippen molar-refractivity contribution in [2.24, 2.45) is 10.7 Å². The van der Waals surface area contributed by atoms with Crippen LogP contribution in [0.25, 0.3) is 0 Å². The molecular weight excluding hydrogens is 524 g/mol. The van der Waals surface area contributed by atoms with Gasteiger partial charge in [-0.05, 0) is 44.0 Å². The third kappa shape index (κ3) is 5.26. The fourth-order valence-electron chi connectivity index (χ4n) is 6.12. The fraction of sp³-hybridized carbons (Fsp3) is 0.516. The zero-order valence-corrected chi connectivity index (χ0v) is 24.4. The number of amides is 2. The molecule has 0 fully saturated rings. The third-order valence-corrected chi connectivity index (χ3v) is 8.84. The van der Waals surface area contributed by atoms with Crippen LogP contribution in [0.5, 0.6) is 11.5 Å². The van der Waals surface area contributed by atoms with Gasteiger partial charge in [0.1, 0.15) is 29.8 Å². The molecule has 4 atom stereocenters. The quantitative estimate of drug-likeness (QED) is 0.498. The topological polar surface area (TPSA) is 125 Å². The van der Waals surface area contributed by atoms with Crippen molar-refractivity contribution >= 4 is 17.8 Å². The van der Waals surface area contributed by atoms with E-state index in [1.165, 1.54) is 0 Å². The molecule has 10 nitrogen and oxygen atoms in total.